The smallest absolute Gasteiger partial charge is 0.231 e. The SMILES string of the molecule is C=CCNC(=S)N1CCCN1C(=S)NCc1ccc2c(c1)OCO2. The minimum atomic E-state index is 0.280. The van der Waals surface area contributed by atoms with Crippen LogP contribution in [-0.2, 0) is 6.54 Å². The Labute approximate surface area is 152 Å². The lowest BCUT2D eigenvalue weighted by atomic mass is 10.2. The third kappa shape index (κ3) is 3.70. The first-order valence-electron chi connectivity index (χ1n) is 7.79. The molecule has 0 radical (unpaired) electrons. The molecule has 0 spiro atoms. The van der Waals surface area contributed by atoms with Gasteiger partial charge in [0, 0.05) is 26.2 Å². The van der Waals surface area contributed by atoms with Crippen molar-refractivity contribution in [3.8, 4) is 11.5 Å². The molecule has 0 unspecified atom stereocenters. The van der Waals surface area contributed by atoms with Crippen molar-refractivity contribution >= 4 is 34.7 Å². The van der Waals surface area contributed by atoms with Crippen molar-refractivity contribution in [3.63, 3.8) is 0 Å². The van der Waals surface area contributed by atoms with Crippen molar-refractivity contribution < 1.29 is 9.47 Å². The van der Waals surface area contributed by atoms with Crippen LogP contribution in [0.2, 0.25) is 0 Å². The number of ether oxygens (including phenoxy) is 2. The topological polar surface area (TPSA) is 49.0 Å². The van der Waals surface area contributed by atoms with Gasteiger partial charge in [-0.15, -0.1) is 6.58 Å². The molecule has 2 N–H and O–H groups in total. The molecule has 1 saturated heterocycles. The van der Waals surface area contributed by atoms with E-state index < -0.39 is 0 Å². The van der Waals surface area contributed by atoms with E-state index in [1.165, 1.54) is 0 Å². The largest absolute Gasteiger partial charge is 0.454 e. The molecule has 1 fully saturated rings. The number of benzene rings is 1. The summed E-state index contributed by atoms with van der Waals surface area (Å²) < 4.78 is 10.7. The third-order valence-corrected chi connectivity index (χ3v) is 4.49. The van der Waals surface area contributed by atoms with E-state index in [0.29, 0.717) is 23.3 Å². The molecule has 3 rings (SSSR count). The van der Waals surface area contributed by atoms with E-state index in [1.54, 1.807) is 6.08 Å². The van der Waals surface area contributed by atoms with E-state index >= 15 is 0 Å². The van der Waals surface area contributed by atoms with Gasteiger partial charge < -0.3 is 20.1 Å². The van der Waals surface area contributed by atoms with E-state index in [2.05, 4.69) is 17.2 Å². The quantitative estimate of drug-likeness (QED) is 0.619. The van der Waals surface area contributed by atoms with Crippen LogP contribution in [0.5, 0.6) is 11.5 Å². The molecule has 6 nitrogen and oxygen atoms in total. The fraction of sp³-hybridized carbons (Fsp3) is 0.375. The van der Waals surface area contributed by atoms with Crippen LogP contribution in [0.3, 0.4) is 0 Å². The van der Waals surface area contributed by atoms with Gasteiger partial charge in [-0.05, 0) is 48.6 Å². The highest BCUT2D eigenvalue weighted by atomic mass is 32.1. The molecule has 2 heterocycles. The average molecular weight is 364 g/mol. The summed E-state index contributed by atoms with van der Waals surface area (Å²) in [5.41, 5.74) is 1.08. The number of hydrogen-bond acceptors (Lipinski definition) is 4. The van der Waals surface area contributed by atoms with Crippen molar-refractivity contribution in [1.29, 1.82) is 0 Å². The van der Waals surface area contributed by atoms with Crippen molar-refractivity contribution in [3.05, 3.63) is 36.4 Å². The zero-order valence-electron chi connectivity index (χ0n) is 13.3. The Hall–Kier alpha value is -2.06. The Kier molecular flexibility index (Phi) is 5.37. The molecule has 1 aromatic carbocycles. The molecule has 24 heavy (non-hydrogen) atoms. The molecule has 0 amide bonds. The summed E-state index contributed by atoms with van der Waals surface area (Å²) in [5.74, 6) is 1.56. The maximum atomic E-state index is 5.53. The summed E-state index contributed by atoms with van der Waals surface area (Å²) in [7, 11) is 0. The predicted molar refractivity (Wildman–Crippen MR) is 101 cm³/mol. The highest BCUT2D eigenvalue weighted by Gasteiger charge is 2.26. The van der Waals surface area contributed by atoms with Crippen LogP contribution in [0, 0.1) is 0 Å². The van der Waals surface area contributed by atoms with Crippen LogP contribution in [0.15, 0.2) is 30.9 Å². The number of rotatable bonds is 4. The molecule has 0 bridgehead atoms. The number of thiocarbonyl (C=S) groups is 2. The zero-order chi connectivity index (χ0) is 16.9. The van der Waals surface area contributed by atoms with Gasteiger partial charge in [0.15, 0.2) is 21.7 Å². The number of hydrazine groups is 1. The lowest BCUT2D eigenvalue weighted by Gasteiger charge is -2.32. The lowest BCUT2D eigenvalue weighted by Crippen LogP contribution is -2.52. The molecule has 2 aliphatic rings. The second kappa shape index (κ2) is 7.67. The lowest BCUT2D eigenvalue weighted by molar-refractivity contribution is 0.174. The highest BCUT2D eigenvalue weighted by Crippen LogP contribution is 2.32. The first-order valence-corrected chi connectivity index (χ1v) is 8.61. The fourth-order valence-corrected chi connectivity index (χ4v) is 3.14. The summed E-state index contributed by atoms with van der Waals surface area (Å²) in [6.07, 6.45) is 2.80. The van der Waals surface area contributed by atoms with E-state index in [1.807, 2.05) is 28.2 Å². The fourth-order valence-electron chi connectivity index (χ4n) is 2.60. The summed E-state index contributed by atoms with van der Waals surface area (Å²) >= 11 is 10.9. The molecule has 0 atom stereocenters. The van der Waals surface area contributed by atoms with Crippen LogP contribution in [0.4, 0.5) is 0 Å². The molecule has 128 valence electrons. The minimum Gasteiger partial charge on any atom is -0.454 e. The minimum absolute atomic E-state index is 0.280. The molecule has 0 aliphatic carbocycles. The number of hydrogen-bond donors (Lipinski definition) is 2. The van der Waals surface area contributed by atoms with Gasteiger partial charge in [-0.25, -0.2) is 0 Å². The first-order chi connectivity index (χ1) is 11.7. The highest BCUT2D eigenvalue weighted by molar-refractivity contribution is 7.80. The van der Waals surface area contributed by atoms with Gasteiger partial charge in [0.25, 0.3) is 0 Å². The molecular weight excluding hydrogens is 344 g/mol. The second-order valence-electron chi connectivity index (χ2n) is 5.42. The van der Waals surface area contributed by atoms with Gasteiger partial charge in [-0.1, -0.05) is 12.1 Å². The summed E-state index contributed by atoms with van der Waals surface area (Å²) in [5, 5.41) is 11.7. The van der Waals surface area contributed by atoms with Crippen molar-refractivity contribution in [2.24, 2.45) is 0 Å². The second-order valence-corrected chi connectivity index (χ2v) is 6.19. The Morgan fingerprint density at radius 3 is 2.58 bits per heavy atom. The summed E-state index contributed by atoms with van der Waals surface area (Å²) in [6.45, 7) is 6.93. The zero-order valence-corrected chi connectivity index (χ0v) is 14.9. The van der Waals surface area contributed by atoms with E-state index in [4.69, 9.17) is 33.9 Å². The van der Waals surface area contributed by atoms with Crippen molar-refractivity contribution in [2.75, 3.05) is 26.4 Å². The molecule has 0 aromatic heterocycles. The summed E-state index contributed by atoms with van der Waals surface area (Å²) in [6, 6.07) is 5.88. The Morgan fingerprint density at radius 1 is 1.12 bits per heavy atom. The first kappa shape index (κ1) is 16.8. The van der Waals surface area contributed by atoms with Gasteiger partial charge in [0.2, 0.25) is 6.79 Å². The van der Waals surface area contributed by atoms with Crippen LogP contribution in [0.1, 0.15) is 12.0 Å². The number of fused-ring (bicyclic) bond motifs is 1. The predicted octanol–water partition coefficient (Wildman–Crippen LogP) is 1.77. The monoisotopic (exact) mass is 364 g/mol. The van der Waals surface area contributed by atoms with Gasteiger partial charge in [0.1, 0.15) is 0 Å². The van der Waals surface area contributed by atoms with Crippen LogP contribution >= 0.6 is 24.4 Å². The van der Waals surface area contributed by atoms with Crippen molar-refractivity contribution in [2.45, 2.75) is 13.0 Å². The maximum absolute atomic E-state index is 5.53. The molecular formula is C16H20N4O2S2. The third-order valence-electron chi connectivity index (χ3n) is 3.78. The molecule has 1 aromatic rings. The van der Waals surface area contributed by atoms with Gasteiger partial charge in [-0.3, -0.25) is 10.0 Å². The Balaban J connectivity index is 1.56. The van der Waals surface area contributed by atoms with Crippen LogP contribution < -0.4 is 20.1 Å². The van der Waals surface area contributed by atoms with Gasteiger partial charge in [0.05, 0.1) is 0 Å². The van der Waals surface area contributed by atoms with Crippen LogP contribution in [0.25, 0.3) is 0 Å². The normalized spacial score (nSPS) is 15.3. The maximum Gasteiger partial charge on any atom is 0.231 e. The summed E-state index contributed by atoms with van der Waals surface area (Å²) in [4.78, 5) is 0. The average Bonchev–Trinajstić information content (AvgIpc) is 3.25. The number of nitrogens with zero attached hydrogens (tertiary/aromatic N) is 2. The van der Waals surface area contributed by atoms with E-state index in [-0.39, 0.29) is 6.79 Å². The standard InChI is InChI=1S/C16H20N4O2S2/c1-2-6-17-15(23)19-7-3-8-20(19)16(24)18-10-12-4-5-13-14(9-12)22-11-21-13/h2,4-5,9H,1,3,6-8,10-11H2,(H,17,23)(H,18,24). The molecule has 0 saturated carbocycles. The number of nitrogens with one attached hydrogen (secondary N) is 2. The van der Waals surface area contributed by atoms with Gasteiger partial charge in [-0.2, -0.15) is 0 Å². The Morgan fingerprint density at radius 2 is 1.83 bits per heavy atom. The molecule has 8 heteroatoms. The van der Waals surface area contributed by atoms with Crippen molar-refractivity contribution in [1.82, 2.24) is 20.7 Å². The van der Waals surface area contributed by atoms with E-state index in [0.717, 1.165) is 36.6 Å². The van der Waals surface area contributed by atoms with Crippen LogP contribution in [-0.4, -0.2) is 46.7 Å². The molecule has 2 aliphatic heterocycles. The van der Waals surface area contributed by atoms with E-state index in [9.17, 15) is 0 Å². The Bertz CT molecular complexity index is 653. The van der Waals surface area contributed by atoms with Gasteiger partial charge >= 0.3 is 0 Å².